The molecule has 1 fully saturated rings. The Morgan fingerprint density at radius 2 is 2.08 bits per heavy atom. The molecular weight excluding hydrogens is 324 g/mol. The van der Waals surface area contributed by atoms with Crippen molar-refractivity contribution < 1.29 is 9.21 Å². The normalized spacial score (nSPS) is 15.0. The number of carbonyl (C=O) groups excluding carboxylic acids is 1. The monoisotopic (exact) mass is 342 g/mol. The Hall–Kier alpha value is -2.33. The van der Waals surface area contributed by atoms with Gasteiger partial charge in [-0.2, -0.15) is 5.26 Å². The van der Waals surface area contributed by atoms with Crippen molar-refractivity contribution in [3.63, 3.8) is 0 Å². The number of rotatable bonds is 5. The Morgan fingerprint density at radius 1 is 1.29 bits per heavy atom. The number of benzene rings is 1. The number of anilines is 1. The van der Waals surface area contributed by atoms with E-state index in [0.29, 0.717) is 28.3 Å². The van der Waals surface area contributed by atoms with Crippen LogP contribution in [0.25, 0.3) is 0 Å². The third kappa shape index (κ3) is 4.15. The molecule has 1 aromatic carbocycles. The van der Waals surface area contributed by atoms with Crippen molar-refractivity contribution in [3.8, 4) is 6.07 Å². The number of nitrogens with zero attached hydrogens (tertiary/aromatic N) is 3. The van der Waals surface area contributed by atoms with Crippen LogP contribution in [-0.2, 0) is 4.79 Å². The van der Waals surface area contributed by atoms with Crippen LogP contribution in [0, 0.1) is 11.3 Å². The summed E-state index contributed by atoms with van der Waals surface area (Å²) in [6.45, 7) is 0. The van der Waals surface area contributed by atoms with E-state index in [1.165, 1.54) is 31.0 Å². The van der Waals surface area contributed by atoms with Crippen molar-refractivity contribution in [3.05, 3.63) is 35.7 Å². The summed E-state index contributed by atoms with van der Waals surface area (Å²) in [5, 5.41) is 20.3. The number of amides is 1. The smallest absolute Gasteiger partial charge is 0.277 e. The number of nitriles is 1. The molecule has 24 heavy (non-hydrogen) atoms. The standard InChI is InChI=1S/C17H18N4O2S/c18-10-13-8-4-5-9-14(13)19-15(22)11-24-17-21-20-16(23-17)12-6-2-1-3-7-12/h4-5,8-9,12H,1-3,6-7,11H2,(H,19,22). The Balaban J connectivity index is 1.53. The predicted octanol–water partition coefficient (Wildman–Crippen LogP) is 3.72. The van der Waals surface area contributed by atoms with Gasteiger partial charge in [-0.1, -0.05) is 43.2 Å². The zero-order valence-corrected chi connectivity index (χ0v) is 14.0. The number of hydrogen-bond acceptors (Lipinski definition) is 6. The Bertz CT molecular complexity index is 747. The molecule has 0 aliphatic heterocycles. The van der Waals surface area contributed by atoms with Gasteiger partial charge < -0.3 is 9.73 Å². The molecule has 1 aliphatic rings. The van der Waals surface area contributed by atoms with Gasteiger partial charge in [0.15, 0.2) is 0 Å². The van der Waals surface area contributed by atoms with Gasteiger partial charge in [0.05, 0.1) is 17.0 Å². The molecule has 1 saturated carbocycles. The first-order valence-electron chi connectivity index (χ1n) is 8.01. The molecule has 1 aromatic heterocycles. The summed E-state index contributed by atoms with van der Waals surface area (Å²) in [5.41, 5.74) is 0.951. The van der Waals surface area contributed by atoms with Gasteiger partial charge in [0, 0.05) is 5.92 Å². The summed E-state index contributed by atoms with van der Waals surface area (Å²) < 4.78 is 5.68. The van der Waals surface area contributed by atoms with Crippen molar-refractivity contribution >= 4 is 23.4 Å². The molecule has 0 atom stereocenters. The summed E-state index contributed by atoms with van der Waals surface area (Å²) in [6, 6.07) is 8.95. The van der Waals surface area contributed by atoms with Crippen LogP contribution >= 0.6 is 11.8 Å². The number of carbonyl (C=O) groups is 1. The van der Waals surface area contributed by atoms with Gasteiger partial charge in [0.1, 0.15) is 6.07 Å². The molecule has 124 valence electrons. The number of nitrogens with one attached hydrogen (secondary N) is 1. The molecule has 0 saturated heterocycles. The number of thioether (sulfide) groups is 1. The van der Waals surface area contributed by atoms with Gasteiger partial charge in [-0.3, -0.25) is 4.79 Å². The van der Waals surface area contributed by atoms with E-state index in [2.05, 4.69) is 21.6 Å². The van der Waals surface area contributed by atoms with E-state index in [1.54, 1.807) is 24.3 Å². The zero-order valence-electron chi connectivity index (χ0n) is 13.2. The van der Waals surface area contributed by atoms with Crippen molar-refractivity contribution in [1.82, 2.24) is 10.2 Å². The van der Waals surface area contributed by atoms with Crippen LogP contribution in [0.1, 0.15) is 49.5 Å². The molecule has 1 aliphatic carbocycles. The minimum atomic E-state index is -0.208. The summed E-state index contributed by atoms with van der Waals surface area (Å²) in [7, 11) is 0. The molecule has 0 spiro atoms. The highest BCUT2D eigenvalue weighted by molar-refractivity contribution is 7.99. The van der Waals surface area contributed by atoms with Gasteiger partial charge in [-0.15, -0.1) is 10.2 Å². The molecule has 1 N–H and O–H groups in total. The lowest BCUT2D eigenvalue weighted by Crippen LogP contribution is -2.14. The van der Waals surface area contributed by atoms with Crippen molar-refractivity contribution in [2.45, 2.75) is 43.2 Å². The fraction of sp³-hybridized carbons (Fsp3) is 0.412. The fourth-order valence-corrected chi connectivity index (χ4v) is 3.37. The first-order chi connectivity index (χ1) is 11.8. The topological polar surface area (TPSA) is 91.8 Å². The molecule has 6 nitrogen and oxygen atoms in total. The summed E-state index contributed by atoms with van der Waals surface area (Å²) in [5.74, 6) is 0.996. The first kappa shape index (κ1) is 16.5. The second-order valence-electron chi connectivity index (χ2n) is 5.74. The average Bonchev–Trinajstić information content (AvgIpc) is 3.10. The number of aromatic nitrogens is 2. The van der Waals surface area contributed by atoms with Gasteiger partial charge in [-0.25, -0.2) is 0 Å². The molecule has 7 heteroatoms. The fourth-order valence-electron chi connectivity index (χ4n) is 2.80. The van der Waals surface area contributed by atoms with Crippen LogP contribution in [0.5, 0.6) is 0 Å². The minimum Gasteiger partial charge on any atom is -0.416 e. The molecule has 3 rings (SSSR count). The maximum Gasteiger partial charge on any atom is 0.277 e. The van der Waals surface area contributed by atoms with Crippen molar-refractivity contribution in [1.29, 1.82) is 5.26 Å². The van der Waals surface area contributed by atoms with E-state index < -0.39 is 0 Å². The van der Waals surface area contributed by atoms with Gasteiger partial charge >= 0.3 is 0 Å². The van der Waals surface area contributed by atoms with E-state index in [-0.39, 0.29) is 11.7 Å². The van der Waals surface area contributed by atoms with Crippen LogP contribution in [0.4, 0.5) is 5.69 Å². The summed E-state index contributed by atoms with van der Waals surface area (Å²) >= 11 is 1.21. The van der Waals surface area contributed by atoms with E-state index in [4.69, 9.17) is 9.68 Å². The maximum atomic E-state index is 12.0. The SMILES string of the molecule is N#Cc1ccccc1NC(=O)CSc1nnc(C2CCCCC2)o1. The molecular formula is C17H18N4O2S. The molecule has 0 radical (unpaired) electrons. The Labute approximate surface area is 144 Å². The number of para-hydroxylation sites is 1. The highest BCUT2D eigenvalue weighted by atomic mass is 32.2. The number of hydrogen-bond donors (Lipinski definition) is 1. The third-order valence-electron chi connectivity index (χ3n) is 4.02. The third-order valence-corrected chi connectivity index (χ3v) is 4.84. The van der Waals surface area contributed by atoms with Crippen molar-refractivity contribution in [2.24, 2.45) is 0 Å². The van der Waals surface area contributed by atoms with Crippen LogP contribution in [-0.4, -0.2) is 21.9 Å². The lowest BCUT2D eigenvalue weighted by molar-refractivity contribution is -0.113. The summed E-state index contributed by atoms with van der Waals surface area (Å²) in [4.78, 5) is 12.0. The molecule has 2 aromatic rings. The maximum absolute atomic E-state index is 12.0. The molecule has 1 amide bonds. The quantitative estimate of drug-likeness (QED) is 0.833. The second kappa shape index (κ2) is 7.97. The van der Waals surface area contributed by atoms with Crippen LogP contribution < -0.4 is 5.32 Å². The minimum absolute atomic E-state index is 0.159. The highest BCUT2D eigenvalue weighted by Crippen LogP contribution is 2.32. The van der Waals surface area contributed by atoms with Gasteiger partial charge in [-0.05, 0) is 25.0 Å². The molecule has 0 unspecified atom stereocenters. The van der Waals surface area contributed by atoms with Gasteiger partial charge in [0.25, 0.3) is 5.22 Å². The average molecular weight is 342 g/mol. The Morgan fingerprint density at radius 3 is 2.88 bits per heavy atom. The molecule has 1 heterocycles. The lowest BCUT2D eigenvalue weighted by atomic mass is 9.89. The second-order valence-corrected chi connectivity index (χ2v) is 6.66. The Kier molecular flexibility index (Phi) is 5.49. The molecule has 0 bridgehead atoms. The summed E-state index contributed by atoms with van der Waals surface area (Å²) in [6.07, 6.45) is 5.87. The predicted molar refractivity (Wildman–Crippen MR) is 90.6 cm³/mol. The largest absolute Gasteiger partial charge is 0.416 e. The van der Waals surface area contributed by atoms with Crippen molar-refractivity contribution in [2.75, 3.05) is 11.1 Å². The van der Waals surface area contributed by atoms with Crippen LogP contribution in [0.15, 0.2) is 33.9 Å². The lowest BCUT2D eigenvalue weighted by Gasteiger charge is -2.17. The van der Waals surface area contributed by atoms with Crippen LogP contribution in [0.3, 0.4) is 0 Å². The van der Waals surface area contributed by atoms with Gasteiger partial charge in [0.2, 0.25) is 11.8 Å². The van der Waals surface area contributed by atoms with E-state index >= 15 is 0 Å². The van der Waals surface area contributed by atoms with E-state index in [0.717, 1.165) is 12.8 Å². The first-order valence-corrected chi connectivity index (χ1v) is 9.00. The van der Waals surface area contributed by atoms with Crippen LogP contribution in [0.2, 0.25) is 0 Å². The zero-order chi connectivity index (χ0) is 16.8. The highest BCUT2D eigenvalue weighted by Gasteiger charge is 2.21. The van der Waals surface area contributed by atoms with E-state index in [9.17, 15) is 4.79 Å². The van der Waals surface area contributed by atoms with E-state index in [1.807, 2.05) is 0 Å².